The van der Waals surface area contributed by atoms with Gasteiger partial charge in [-0.1, -0.05) is 45.0 Å². The number of aliphatic carboxylic acids is 1. The Kier molecular flexibility index (Phi) is 4.28. The highest BCUT2D eigenvalue weighted by molar-refractivity contribution is 7.13. The summed E-state index contributed by atoms with van der Waals surface area (Å²) in [5, 5.41) is 12.0. The van der Waals surface area contributed by atoms with Gasteiger partial charge in [0.25, 0.3) is 0 Å². The van der Waals surface area contributed by atoms with Crippen molar-refractivity contribution in [3.8, 4) is 10.6 Å². The fraction of sp³-hybridized carbons (Fsp3) is 0.294. The topological polar surface area (TPSA) is 50.2 Å². The van der Waals surface area contributed by atoms with Gasteiger partial charge >= 0.3 is 5.97 Å². The third kappa shape index (κ3) is 3.79. The standard InChI is InChI=1S/C17H19NO2S/c1-11(16(19)20)9-12-5-7-13(8-6-12)15-18-14(10-21-15)17(2,3)4/h5-10H,1-4H3,(H,19,20)/b11-9+. The second-order valence-electron chi connectivity index (χ2n) is 6.04. The number of carboxylic acids is 1. The molecule has 0 aliphatic carbocycles. The molecule has 1 heterocycles. The molecule has 0 aliphatic rings. The van der Waals surface area contributed by atoms with Crippen LogP contribution in [0.25, 0.3) is 16.6 Å². The summed E-state index contributed by atoms with van der Waals surface area (Å²) in [5.74, 6) is -0.895. The normalized spacial score (nSPS) is 12.5. The number of nitrogens with zero attached hydrogens (tertiary/aromatic N) is 1. The predicted molar refractivity (Wildman–Crippen MR) is 87.5 cm³/mol. The van der Waals surface area contributed by atoms with E-state index in [1.165, 1.54) is 0 Å². The molecule has 4 heteroatoms. The summed E-state index contributed by atoms with van der Waals surface area (Å²) in [5.41, 5.74) is 3.41. The molecule has 3 nitrogen and oxygen atoms in total. The van der Waals surface area contributed by atoms with Gasteiger partial charge in [-0.15, -0.1) is 11.3 Å². The van der Waals surface area contributed by atoms with Crippen LogP contribution in [0.5, 0.6) is 0 Å². The van der Waals surface area contributed by atoms with Gasteiger partial charge in [0, 0.05) is 21.9 Å². The Morgan fingerprint density at radius 2 is 1.86 bits per heavy atom. The van der Waals surface area contributed by atoms with Crippen molar-refractivity contribution in [3.63, 3.8) is 0 Å². The number of carbonyl (C=O) groups is 1. The van der Waals surface area contributed by atoms with Crippen molar-refractivity contribution in [3.05, 3.63) is 46.5 Å². The summed E-state index contributed by atoms with van der Waals surface area (Å²) in [4.78, 5) is 15.5. The molecule has 1 aromatic carbocycles. The minimum atomic E-state index is -0.895. The third-order valence-electron chi connectivity index (χ3n) is 3.15. The van der Waals surface area contributed by atoms with E-state index in [9.17, 15) is 4.79 Å². The number of hydrogen-bond acceptors (Lipinski definition) is 3. The average Bonchev–Trinajstić information content (AvgIpc) is 2.89. The Bertz CT molecular complexity index is 676. The molecule has 1 aromatic heterocycles. The zero-order chi connectivity index (χ0) is 15.6. The maximum atomic E-state index is 10.8. The summed E-state index contributed by atoms with van der Waals surface area (Å²) in [6.07, 6.45) is 1.66. The number of aromatic nitrogens is 1. The molecule has 0 unspecified atom stereocenters. The van der Waals surface area contributed by atoms with Gasteiger partial charge in [0.1, 0.15) is 5.01 Å². The van der Waals surface area contributed by atoms with Crippen LogP contribution in [0.15, 0.2) is 35.2 Å². The molecule has 0 fully saturated rings. The van der Waals surface area contributed by atoms with Crippen LogP contribution < -0.4 is 0 Å². The third-order valence-corrected chi connectivity index (χ3v) is 4.04. The van der Waals surface area contributed by atoms with E-state index in [0.29, 0.717) is 5.57 Å². The highest BCUT2D eigenvalue weighted by Gasteiger charge is 2.17. The lowest BCUT2D eigenvalue weighted by Crippen LogP contribution is -2.11. The quantitative estimate of drug-likeness (QED) is 0.843. The smallest absolute Gasteiger partial charge is 0.331 e. The zero-order valence-corrected chi connectivity index (χ0v) is 13.5. The van der Waals surface area contributed by atoms with Crippen molar-refractivity contribution < 1.29 is 9.90 Å². The van der Waals surface area contributed by atoms with E-state index >= 15 is 0 Å². The Morgan fingerprint density at radius 3 is 2.33 bits per heavy atom. The molecule has 1 N–H and O–H groups in total. The van der Waals surface area contributed by atoms with Crippen LogP contribution >= 0.6 is 11.3 Å². The van der Waals surface area contributed by atoms with Gasteiger partial charge in [-0.3, -0.25) is 0 Å². The summed E-state index contributed by atoms with van der Waals surface area (Å²) in [7, 11) is 0. The molecular weight excluding hydrogens is 282 g/mol. The molecule has 110 valence electrons. The first-order chi connectivity index (χ1) is 9.77. The van der Waals surface area contributed by atoms with Crippen molar-refractivity contribution in [2.75, 3.05) is 0 Å². The van der Waals surface area contributed by atoms with Crippen LogP contribution in [0.1, 0.15) is 39.0 Å². The van der Waals surface area contributed by atoms with Crippen molar-refractivity contribution in [1.82, 2.24) is 4.98 Å². The zero-order valence-electron chi connectivity index (χ0n) is 12.7. The first kappa shape index (κ1) is 15.4. The SMILES string of the molecule is C/C(=C\c1ccc(-c2nc(C(C)(C)C)cs2)cc1)C(=O)O. The predicted octanol–water partition coefficient (Wildman–Crippen LogP) is 4.60. The first-order valence-corrected chi connectivity index (χ1v) is 7.63. The van der Waals surface area contributed by atoms with Crippen LogP contribution in [0.3, 0.4) is 0 Å². The lowest BCUT2D eigenvalue weighted by Gasteiger charge is -2.14. The van der Waals surface area contributed by atoms with Gasteiger partial charge in [0.15, 0.2) is 0 Å². The fourth-order valence-electron chi connectivity index (χ4n) is 1.78. The van der Waals surface area contributed by atoms with Crippen LogP contribution in [-0.4, -0.2) is 16.1 Å². The monoisotopic (exact) mass is 301 g/mol. The van der Waals surface area contributed by atoms with Gasteiger partial charge in [0.05, 0.1) is 5.69 Å². The number of carboxylic acid groups (broad SMARTS) is 1. The molecule has 0 aliphatic heterocycles. The first-order valence-electron chi connectivity index (χ1n) is 6.75. The molecule has 2 aromatic rings. The molecule has 0 atom stereocenters. The van der Waals surface area contributed by atoms with E-state index < -0.39 is 5.97 Å². The van der Waals surface area contributed by atoms with Gasteiger partial charge in [-0.2, -0.15) is 0 Å². The number of rotatable bonds is 3. The van der Waals surface area contributed by atoms with Crippen molar-refractivity contribution >= 4 is 23.4 Å². The summed E-state index contributed by atoms with van der Waals surface area (Å²) >= 11 is 1.63. The van der Waals surface area contributed by atoms with E-state index in [4.69, 9.17) is 5.11 Å². The van der Waals surface area contributed by atoms with E-state index in [1.807, 2.05) is 24.3 Å². The second kappa shape index (κ2) is 5.82. The molecule has 0 saturated carbocycles. The van der Waals surface area contributed by atoms with E-state index in [-0.39, 0.29) is 5.41 Å². The van der Waals surface area contributed by atoms with Gasteiger partial charge in [0.2, 0.25) is 0 Å². The number of hydrogen-bond donors (Lipinski definition) is 1. The van der Waals surface area contributed by atoms with Crippen molar-refractivity contribution in [1.29, 1.82) is 0 Å². The van der Waals surface area contributed by atoms with Crippen molar-refractivity contribution in [2.45, 2.75) is 33.1 Å². The van der Waals surface area contributed by atoms with Gasteiger partial charge in [-0.25, -0.2) is 9.78 Å². The Balaban J connectivity index is 2.25. The number of benzene rings is 1. The Hall–Kier alpha value is -1.94. The average molecular weight is 301 g/mol. The van der Waals surface area contributed by atoms with Crippen LogP contribution in [-0.2, 0) is 10.2 Å². The molecule has 2 rings (SSSR count). The lowest BCUT2D eigenvalue weighted by molar-refractivity contribution is -0.132. The van der Waals surface area contributed by atoms with Gasteiger partial charge in [-0.05, 0) is 18.6 Å². The summed E-state index contributed by atoms with van der Waals surface area (Å²) in [6, 6.07) is 7.79. The summed E-state index contributed by atoms with van der Waals surface area (Å²) in [6.45, 7) is 8.03. The minimum absolute atomic E-state index is 0.0516. The minimum Gasteiger partial charge on any atom is -0.478 e. The van der Waals surface area contributed by atoms with Crippen LogP contribution in [0.2, 0.25) is 0 Å². The van der Waals surface area contributed by atoms with E-state index in [0.717, 1.165) is 21.8 Å². The largest absolute Gasteiger partial charge is 0.478 e. The second-order valence-corrected chi connectivity index (χ2v) is 6.90. The Labute approximate surface area is 129 Å². The Morgan fingerprint density at radius 1 is 1.24 bits per heavy atom. The molecule has 21 heavy (non-hydrogen) atoms. The number of thiazole rings is 1. The molecule has 0 radical (unpaired) electrons. The molecule has 0 bridgehead atoms. The highest BCUT2D eigenvalue weighted by atomic mass is 32.1. The lowest BCUT2D eigenvalue weighted by atomic mass is 9.93. The van der Waals surface area contributed by atoms with Crippen molar-refractivity contribution in [2.24, 2.45) is 0 Å². The van der Waals surface area contributed by atoms with Crippen LogP contribution in [0.4, 0.5) is 0 Å². The molecule has 0 amide bonds. The molecule has 0 spiro atoms. The highest BCUT2D eigenvalue weighted by Crippen LogP contribution is 2.29. The van der Waals surface area contributed by atoms with E-state index in [1.54, 1.807) is 24.3 Å². The summed E-state index contributed by atoms with van der Waals surface area (Å²) < 4.78 is 0. The molecule has 0 saturated heterocycles. The van der Waals surface area contributed by atoms with Gasteiger partial charge < -0.3 is 5.11 Å². The van der Waals surface area contributed by atoms with E-state index in [2.05, 4.69) is 31.1 Å². The maximum absolute atomic E-state index is 10.8. The fourth-order valence-corrected chi connectivity index (χ4v) is 2.84. The van der Waals surface area contributed by atoms with Crippen LogP contribution in [0, 0.1) is 0 Å². The molecular formula is C17H19NO2S. The maximum Gasteiger partial charge on any atom is 0.331 e.